The molecule has 1 atom stereocenters. The van der Waals surface area contributed by atoms with E-state index < -0.39 is 0 Å². The molecule has 2 aromatic carbocycles. The van der Waals surface area contributed by atoms with E-state index in [9.17, 15) is 4.39 Å². The van der Waals surface area contributed by atoms with Gasteiger partial charge in [0.1, 0.15) is 17.3 Å². The van der Waals surface area contributed by atoms with Crippen LogP contribution in [0.15, 0.2) is 80.0 Å². The third kappa shape index (κ3) is 4.73. The molecule has 37 heavy (non-hydrogen) atoms. The van der Waals surface area contributed by atoms with Crippen molar-refractivity contribution in [3.05, 3.63) is 97.0 Å². The summed E-state index contributed by atoms with van der Waals surface area (Å²) in [6.45, 7) is 5.78. The quantitative estimate of drug-likeness (QED) is 0.311. The third-order valence-corrected chi connectivity index (χ3v) is 6.84. The molecule has 0 saturated carbocycles. The Morgan fingerprint density at radius 2 is 2.03 bits per heavy atom. The molecule has 186 valence electrons. The lowest BCUT2D eigenvalue weighted by molar-refractivity contribution is 0.196. The lowest BCUT2D eigenvalue weighted by atomic mass is 9.95. The summed E-state index contributed by atoms with van der Waals surface area (Å²) in [7, 11) is 0. The second kappa shape index (κ2) is 9.94. The van der Waals surface area contributed by atoms with Crippen LogP contribution in [0.3, 0.4) is 0 Å². The summed E-state index contributed by atoms with van der Waals surface area (Å²) in [6.07, 6.45) is 8.87. The van der Waals surface area contributed by atoms with Crippen molar-refractivity contribution >= 4 is 10.9 Å². The molecule has 0 spiro atoms. The zero-order valence-corrected chi connectivity index (χ0v) is 20.2. The summed E-state index contributed by atoms with van der Waals surface area (Å²) >= 11 is 0. The maximum atomic E-state index is 14.6. The van der Waals surface area contributed by atoms with Crippen molar-refractivity contribution in [2.75, 3.05) is 13.1 Å². The largest absolute Gasteiger partial charge is 0.466 e. The van der Waals surface area contributed by atoms with Crippen LogP contribution in [0, 0.1) is 5.82 Å². The number of hydrogen-bond donors (Lipinski definition) is 1. The van der Waals surface area contributed by atoms with Gasteiger partial charge in [0.2, 0.25) is 0 Å². The van der Waals surface area contributed by atoms with Crippen molar-refractivity contribution in [1.82, 2.24) is 35.1 Å². The molecule has 1 aliphatic rings. The monoisotopic (exact) mass is 495 g/mol. The minimum Gasteiger partial charge on any atom is -0.466 e. The van der Waals surface area contributed by atoms with Gasteiger partial charge in [-0.25, -0.2) is 9.07 Å². The number of hydrogen-bond acceptors (Lipinski definition) is 6. The van der Waals surface area contributed by atoms with E-state index in [1.807, 2.05) is 35.1 Å². The zero-order chi connectivity index (χ0) is 25.2. The SMILES string of the molecule is C=COc1ccc(CN2CCC[C@@H](c3cn(-c4ccc5[nH]nc(-c6ccncc6)c5c4)nn3)C2)c(F)c1. The Hall–Kier alpha value is -4.37. The molecule has 0 amide bonds. The van der Waals surface area contributed by atoms with Crippen LogP contribution >= 0.6 is 0 Å². The predicted octanol–water partition coefficient (Wildman–Crippen LogP) is 5.25. The molecular formula is C28H26FN7O. The first-order valence-electron chi connectivity index (χ1n) is 12.3. The second-order valence-corrected chi connectivity index (χ2v) is 9.24. The lowest BCUT2D eigenvalue weighted by Gasteiger charge is -2.31. The van der Waals surface area contributed by atoms with Crippen molar-refractivity contribution in [2.24, 2.45) is 0 Å². The van der Waals surface area contributed by atoms with Crippen LogP contribution in [0.25, 0.3) is 27.8 Å². The summed E-state index contributed by atoms with van der Waals surface area (Å²) in [6, 6.07) is 14.9. The van der Waals surface area contributed by atoms with Gasteiger partial charge in [-0.3, -0.25) is 15.0 Å². The normalized spacial score (nSPS) is 16.2. The molecule has 0 aliphatic carbocycles. The maximum absolute atomic E-state index is 14.6. The molecule has 1 saturated heterocycles. The van der Waals surface area contributed by atoms with E-state index >= 15 is 0 Å². The molecule has 4 heterocycles. The van der Waals surface area contributed by atoms with Gasteiger partial charge in [0.25, 0.3) is 0 Å². The summed E-state index contributed by atoms with van der Waals surface area (Å²) in [5.41, 5.74) is 5.34. The maximum Gasteiger partial charge on any atom is 0.131 e. The fourth-order valence-corrected chi connectivity index (χ4v) is 4.97. The van der Waals surface area contributed by atoms with Gasteiger partial charge < -0.3 is 4.74 Å². The topological polar surface area (TPSA) is 84.8 Å². The zero-order valence-electron chi connectivity index (χ0n) is 20.2. The van der Waals surface area contributed by atoms with E-state index in [2.05, 4.69) is 43.0 Å². The van der Waals surface area contributed by atoms with Crippen molar-refractivity contribution in [1.29, 1.82) is 0 Å². The number of aromatic amines is 1. The lowest BCUT2D eigenvalue weighted by Crippen LogP contribution is -2.34. The molecule has 9 heteroatoms. The molecule has 6 rings (SSSR count). The van der Waals surface area contributed by atoms with Crippen molar-refractivity contribution in [3.8, 4) is 22.7 Å². The number of rotatable bonds is 7. The highest BCUT2D eigenvalue weighted by Gasteiger charge is 2.25. The first-order valence-corrected chi connectivity index (χ1v) is 12.3. The van der Waals surface area contributed by atoms with Crippen LogP contribution in [0.5, 0.6) is 5.75 Å². The number of ether oxygens (including phenoxy) is 1. The molecule has 5 aromatic rings. The molecule has 3 aromatic heterocycles. The van der Waals surface area contributed by atoms with Gasteiger partial charge in [-0.2, -0.15) is 5.10 Å². The number of benzene rings is 2. The van der Waals surface area contributed by atoms with E-state index in [1.54, 1.807) is 24.5 Å². The van der Waals surface area contributed by atoms with Crippen molar-refractivity contribution in [2.45, 2.75) is 25.3 Å². The number of likely N-dealkylation sites (tertiary alicyclic amines) is 1. The number of pyridine rings is 1. The van der Waals surface area contributed by atoms with Crippen LogP contribution in [0.2, 0.25) is 0 Å². The second-order valence-electron chi connectivity index (χ2n) is 9.24. The summed E-state index contributed by atoms with van der Waals surface area (Å²) in [5.74, 6) is 0.415. The average molecular weight is 496 g/mol. The van der Waals surface area contributed by atoms with E-state index in [-0.39, 0.29) is 11.7 Å². The van der Waals surface area contributed by atoms with Crippen molar-refractivity contribution in [3.63, 3.8) is 0 Å². The number of halogens is 1. The van der Waals surface area contributed by atoms with Gasteiger partial charge in [-0.05, 0) is 55.8 Å². The first kappa shape index (κ1) is 23.1. The summed E-state index contributed by atoms with van der Waals surface area (Å²) < 4.78 is 21.6. The molecule has 0 radical (unpaired) electrons. The van der Waals surface area contributed by atoms with Gasteiger partial charge in [0, 0.05) is 54.0 Å². The van der Waals surface area contributed by atoms with Crippen LogP contribution in [-0.4, -0.2) is 48.2 Å². The van der Waals surface area contributed by atoms with Gasteiger partial charge in [0.05, 0.1) is 29.4 Å². The number of aromatic nitrogens is 6. The summed E-state index contributed by atoms with van der Waals surface area (Å²) in [5, 5.41) is 17.6. The van der Waals surface area contributed by atoms with E-state index in [1.165, 1.54) is 12.3 Å². The number of piperidine rings is 1. The van der Waals surface area contributed by atoms with Gasteiger partial charge >= 0.3 is 0 Å². The summed E-state index contributed by atoms with van der Waals surface area (Å²) in [4.78, 5) is 6.38. The first-order chi connectivity index (χ1) is 18.2. The highest BCUT2D eigenvalue weighted by molar-refractivity contribution is 5.94. The molecule has 1 N–H and O–H groups in total. The van der Waals surface area contributed by atoms with Crippen LogP contribution in [-0.2, 0) is 6.54 Å². The molecule has 0 bridgehead atoms. The van der Waals surface area contributed by atoms with Crippen LogP contribution in [0.4, 0.5) is 4.39 Å². The average Bonchev–Trinajstić information content (AvgIpc) is 3.59. The number of fused-ring (bicyclic) bond motifs is 1. The minimum atomic E-state index is -0.270. The molecular weight excluding hydrogens is 469 g/mol. The Labute approximate surface area is 213 Å². The van der Waals surface area contributed by atoms with Gasteiger partial charge in [-0.1, -0.05) is 17.9 Å². The van der Waals surface area contributed by atoms with Crippen molar-refractivity contribution < 1.29 is 9.13 Å². The highest BCUT2D eigenvalue weighted by atomic mass is 19.1. The fourth-order valence-electron chi connectivity index (χ4n) is 4.97. The predicted molar refractivity (Wildman–Crippen MR) is 139 cm³/mol. The Kier molecular flexibility index (Phi) is 6.20. The third-order valence-electron chi connectivity index (χ3n) is 6.84. The van der Waals surface area contributed by atoms with E-state index in [0.717, 1.165) is 59.5 Å². The molecule has 1 fully saturated rings. The number of H-pyrrole nitrogens is 1. The van der Waals surface area contributed by atoms with E-state index in [4.69, 9.17) is 4.74 Å². The Morgan fingerprint density at radius 3 is 2.86 bits per heavy atom. The molecule has 8 nitrogen and oxygen atoms in total. The van der Waals surface area contributed by atoms with E-state index in [0.29, 0.717) is 17.9 Å². The molecule has 0 unspecified atom stereocenters. The number of nitrogens with zero attached hydrogens (tertiary/aromatic N) is 6. The van der Waals surface area contributed by atoms with Gasteiger partial charge in [-0.15, -0.1) is 5.10 Å². The molecule has 1 aliphatic heterocycles. The van der Waals surface area contributed by atoms with Crippen LogP contribution in [0.1, 0.15) is 30.0 Å². The smallest absolute Gasteiger partial charge is 0.131 e. The Bertz CT molecular complexity index is 1540. The Morgan fingerprint density at radius 1 is 1.14 bits per heavy atom. The standard InChI is InChI=1S/C28H26FN7O/c1-2-37-23-7-5-20(25(29)15-23)16-35-13-3-4-21(17-35)27-18-36(34-32-27)22-6-8-26-24(14-22)28(33-31-26)19-9-11-30-12-10-19/h2,5-12,14-15,18,21H,1,3-4,13,16-17H2,(H,31,33)/t21-/m1/s1. The highest BCUT2D eigenvalue weighted by Crippen LogP contribution is 2.30. The minimum absolute atomic E-state index is 0.235. The van der Waals surface area contributed by atoms with Gasteiger partial charge in [0.15, 0.2) is 0 Å². The fraction of sp³-hybridized carbons (Fsp3) is 0.214. The Balaban J connectivity index is 1.19. The number of nitrogens with one attached hydrogen (secondary N) is 1. The van der Waals surface area contributed by atoms with Crippen LogP contribution < -0.4 is 4.74 Å².